The van der Waals surface area contributed by atoms with Crippen molar-refractivity contribution >= 4 is 38.8 Å². The van der Waals surface area contributed by atoms with E-state index in [-0.39, 0.29) is 57.8 Å². The summed E-state index contributed by atoms with van der Waals surface area (Å²) in [4.78, 5) is 0. The van der Waals surface area contributed by atoms with Crippen LogP contribution in [-0.2, 0) is 46.4 Å². The van der Waals surface area contributed by atoms with E-state index in [0.717, 1.165) is 6.42 Å². The van der Waals surface area contributed by atoms with Crippen LogP contribution in [0, 0.1) is 11.3 Å². The first-order valence-electron chi connectivity index (χ1n) is 20.6. The van der Waals surface area contributed by atoms with Crippen LogP contribution in [0.2, 0.25) is 0 Å². The Morgan fingerprint density at radius 2 is 0.929 bits per heavy atom. The summed E-state index contributed by atoms with van der Waals surface area (Å²) in [6.07, 6.45) is 3.54. The molecule has 0 saturated carbocycles. The van der Waals surface area contributed by atoms with Crippen molar-refractivity contribution in [2.75, 3.05) is 0 Å². The van der Waals surface area contributed by atoms with E-state index in [1.807, 2.05) is 0 Å². The van der Waals surface area contributed by atoms with E-state index in [9.17, 15) is 0 Å². The van der Waals surface area contributed by atoms with Gasteiger partial charge in [-0.05, 0) is 0 Å². The predicted molar refractivity (Wildman–Crippen MR) is 252 cm³/mol. The second-order valence-electron chi connectivity index (χ2n) is 22.4. The number of rotatable bonds is 4. The molecule has 302 valence electrons. The normalized spacial score (nSPS) is 16.5. The summed E-state index contributed by atoms with van der Waals surface area (Å²) in [6, 6.07) is 32.4. The second-order valence-corrected chi connectivity index (χ2v) is 35.0. The van der Waals surface area contributed by atoms with Gasteiger partial charge in [0, 0.05) is 0 Å². The summed E-state index contributed by atoms with van der Waals surface area (Å²) in [5, 5.41) is 0. The van der Waals surface area contributed by atoms with Crippen LogP contribution < -0.4 is 9.81 Å². The molecule has 3 heteroatoms. The van der Waals surface area contributed by atoms with Gasteiger partial charge in [-0.25, -0.2) is 0 Å². The molecule has 4 aromatic carbocycles. The first-order chi connectivity index (χ1) is 24.6. The number of allylic oxidation sites excluding steroid dienone is 4. The van der Waals surface area contributed by atoms with Gasteiger partial charge < -0.3 is 0 Å². The monoisotopic (exact) mass is 868 g/mol. The molecule has 4 aromatic rings. The maximum atomic E-state index is 6.03. The van der Waals surface area contributed by atoms with Gasteiger partial charge in [-0.1, -0.05) is 0 Å². The number of fused-ring (bicyclic) bond motifs is 3. The van der Waals surface area contributed by atoms with Crippen molar-refractivity contribution in [3.8, 4) is 11.1 Å². The average Bonchev–Trinajstić information content (AvgIpc) is 3.58. The third-order valence-electron chi connectivity index (χ3n) is 13.2. The molecule has 6 rings (SSSR count). The average molecular weight is 871 g/mol. The van der Waals surface area contributed by atoms with Gasteiger partial charge in [-0.2, -0.15) is 0 Å². The SMILES string of the molecule is Cl.Cl.[CH2]=[Zr]([C]1=C(C)C(C(C)(C)C)=CC1C)([c]1ccc(C(C)(C)C)cc1)([c]1ccc(C(C)(C)C)cc1)[c]1cc(C(C)(C)C)cc2c1Cc1ccc(C(C)(C)C)cc1-2. The van der Waals surface area contributed by atoms with E-state index >= 15 is 0 Å². The van der Waals surface area contributed by atoms with Crippen molar-refractivity contribution in [3.05, 3.63) is 133 Å². The summed E-state index contributed by atoms with van der Waals surface area (Å²) < 4.78 is 12.1. The van der Waals surface area contributed by atoms with E-state index in [2.05, 4.69) is 203 Å². The number of halogens is 2. The van der Waals surface area contributed by atoms with Gasteiger partial charge >= 0.3 is 333 Å². The molecule has 1 unspecified atom stereocenters. The van der Waals surface area contributed by atoms with Gasteiger partial charge in [0.1, 0.15) is 0 Å². The minimum absolute atomic E-state index is 0. The minimum atomic E-state index is -5.19. The Bertz CT molecular complexity index is 2200. The first kappa shape index (κ1) is 46.4. The molecule has 0 nitrogen and oxygen atoms in total. The van der Waals surface area contributed by atoms with E-state index in [1.54, 1.807) is 3.28 Å². The van der Waals surface area contributed by atoms with Crippen LogP contribution in [0.5, 0.6) is 0 Å². The molecule has 0 aliphatic heterocycles. The molecular formula is C53H72Cl2Zr. The van der Waals surface area contributed by atoms with E-state index in [0.29, 0.717) is 0 Å². The Labute approximate surface area is 355 Å². The van der Waals surface area contributed by atoms with E-state index in [4.69, 9.17) is 4.21 Å². The zero-order chi connectivity index (χ0) is 40.2. The molecule has 2 aliphatic rings. The molecule has 0 bridgehead atoms. The van der Waals surface area contributed by atoms with Crippen LogP contribution in [0.25, 0.3) is 11.1 Å². The van der Waals surface area contributed by atoms with Crippen molar-refractivity contribution in [1.29, 1.82) is 0 Å². The summed E-state index contributed by atoms with van der Waals surface area (Å²) >= 11 is -5.19. The predicted octanol–water partition coefficient (Wildman–Crippen LogP) is 13.6. The van der Waals surface area contributed by atoms with Crippen molar-refractivity contribution in [2.45, 2.75) is 146 Å². The van der Waals surface area contributed by atoms with E-state index in [1.165, 1.54) is 65.5 Å². The molecule has 0 amide bonds. The zero-order valence-electron chi connectivity index (χ0n) is 37.9. The Morgan fingerprint density at radius 1 is 0.518 bits per heavy atom. The van der Waals surface area contributed by atoms with Crippen LogP contribution in [0.3, 0.4) is 0 Å². The van der Waals surface area contributed by atoms with Gasteiger partial charge in [0.25, 0.3) is 0 Å². The molecule has 56 heavy (non-hydrogen) atoms. The molecule has 1 atom stereocenters. The van der Waals surface area contributed by atoms with Crippen molar-refractivity contribution < 1.29 is 18.3 Å². The summed E-state index contributed by atoms with van der Waals surface area (Å²) in [7, 11) is 0. The van der Waals surface area contributed by atoms with Gasteiger partial charge in [0.15, 0.2) is 0 Å². The molecule has 0 radical (unpaired) electrons. The molecule has 2 aliphatic carbocycles. The van der Waals surface area contributed by atoms with Crippen LogP contribution in [0.4, 0.5) is 0 Å². The topological polar surface area (TPSA) is 0 Å². The van der Waals surface area contributed by atoms with Crippen molar-refractivity contribution in [1.82, 2.24) is 0 Å². The molecular weight excluding hydrogens is 799 g/mol. The number of benzene rings is 4. The van der Waals surface area contributed by atoms with Gasteiger partial charge in [-0.3, -0.25) is 0 Å². The number of hydrogen-bond acceptors (Lipinski definition) is 0. The Balaban J connectivity index is 0.00000348. The fourth-order valence-corrected chi connectivity index (χ4v) is 27.4. The molecule has 0 heterocycles. The van der Waals surface area contributed by atoms with Crippen molar-refractivity contribution in [2.24, 2.45) is 11.3 Å². The summed E-state index contributed by atoms with van der Waals surface area (Å²) in [5.41, 5.74) is 14.4. The molecule has 0 aromatic heterocycles. The van der Waals surface area contributed by atoms with Gasteiger partial charge in [-0.15, -0.1) is 24.8 Å². The van der Waals surface area contributed by atoms with Crippen LogP contribution >= 0.6 is 24.8 Å². The standard InChI is InChI=1S/C21H25.C11H17.2C10H13.CH2.2ClH.Zr/c1-20(2,3)16-9-7-14-11-15-8-10-17(21(4,5)6)13-19(15)18(14)12-16;1-8-6-9(2)10(7-8)11(3,4)5;2*1-10(2,3)9-7-5-4-6-8-9;;;;/h7,9-10,12-13H,11H2,1-6H3;7-8H,1-5H3;2*5-8H,1-3H3;1H2;2*1H;. The maximum absolute atomic E-state index is 6.03. The van der Waals surface area contributed by atoms with Gasteiger partial charge in [0.05, 0.1) is 0 Å². The third-order valence-corrected chi connectivity index (χ3v) is 30.1. The quantitative estimate of drug-likeness (QED) is 0.169. The Morgan fingerprint density at radius 3 is 1.32 bits per heavy atom. The molecule has 0 fully saturated rings. The van der Waals surface area contributed by atoms with Crippen LogP contribution in [0.15, 0.2) is 99.4 Å². The fraction of sp³-hybridized carbons (Fsp3) is 0.453. The van der Waals surface area contributed by atoms with Crippen molar-refractivity contribution in [3.63, 3.8) is 0 Å². The first-order valence-corrected chi connectivity index (χ1v) is 27.2. The molecule has 0 saturated heterocycles. The van der Waals surface area contributed by atoms with Gasteiger partial charge in [0.2, 0.25) is 0 Å². The fourth-order valence-electron chi connectivity index (χ4n) is 9.95. The zero-order valence-corrected chi connectivity index (χ0v) is 42.0. The second kappa shape index (κ2) is 14.8. The van der Waals surface area contributed by atoms with Crippen LogP contribution in [0.1, 0.15) is 151 Å². The molecule has 0 N–H and O–H groups in total. The Kier molecular flexibility index (Phi) is 12.2. The molecule has 0 spiro atoms. The Hall–Kier alpha value is -2.31. The summed E-state index contributed by atoms with van der Waals surface area (Å²) in [6.45, 7) is 40.3. The number of hydrogen-bond donors (Lipinski definition) is 0. The van der Waals surface area contributed by atoms with E-state index < -0.39 is 18.3 Å². The summed E-state index contributed by atoms with van der Waals surface area (Å²) in [5.74, 6) is 0.261. The third kappa shape index (κ3) is 7.54. The van der Waals surface area contributed by atoms with Crippen LogP contribution in [-0.4, -0.2) is 4.21 Å².